The number of nitrogens with one attached hydrogen (secondary N) is 1. The van der Waals surface area contributed by atoms with Gasteiger partial charge in [-0.15, -0.1) is 0 Å². The van der Waals surface area contributed by atoms with E-state index in [9.17, 15) is 9.18 Å². The molecule has 0 aliphatic rings. The summed E-state index contributed by atoms with van der Waals surface area (Å²) in [6.07, 6.45) is -1.29. The van der Waals surface area contributed by atoms with Gasteiger partial charge in [0.15, 0.2) is 0 Å². The summed E-state index contributed by atoms with van der Waals surface area (Å²) in [7, 11) is 1.43. The minimum Gasteiger partial charge on any atom is -0.381 e. The molecule has 1 rings (SSSR count). The van der Waals surface area contributed by atoms with Crippen molar-refractivity contribution in [2.75, 3.05) is 13.7 Å². The summed E-state index contributed by atoms with van der Waals surface area (Å²) in [5.74, 6) is -0.267. The Morgan fingerprint density at radius 1 is 1.39 bits per heavy atom. The topological polar surface area (TPSA) is 38.3 Å². The van der Waals surface area contributed by atoms with Crippen LogP contribution in [0, 0.1) is 0 Å². The van der Waals surface area contributed by atoms with E-state index in [0.717, 1.165) is 0 Å². The van der Waals surface area contributed by atoms with Gasteiger partial charge in [-0.05, 0) is 26.8 Å². The van der Waals surface area contributed by atoms with Crippen molar-refractivity contribution in [2.45, 2.75) is 32.5 Å². The van der Waals surface area contributed by atoms with Crippen LogP contribution in [0.15, 0.2) is 24.3 Å². The van der Waals surface area contributed by atoms with Crippen LogP contribution in [0.3, 0.4) is 0 Å². The number of halogens is 1. The number of carbonyl (C=O) groups excluding carboxylic acids is 1. The van der Waals surface area contributed by atoms with Crippen LogP contribution in [-0.2, 0) is 4.74 Å². The highest BCUT2D eigenvalue weighted by atomic mass is 19.1. The Bertz CT molecular complexity index is 413. The normalized spacial score (nSPS) is 13.2. The van der Waals surface area contributed by atoms with E-state index in [-0.39, 0.29) is 18.1 Å². The first kappa shape index (κ1) is 14.6. The van der Waals surface area contributed by atoms with Gasteiger partial charge in [0.05, 0.1) is 6.61 Å². The number of methoxy groups -OCH3 is 1. The van der Waals surface area contributed by atoms with Crippen molar-refractivity contribution < 1.29 is 13.9 Å². The molecule has 100 valence electrons. The molecule has 0 aliphatic heterocycles. The van der Waals surface area contributed by atoms with E-state index >= 15 is 0 Å². The third-order valence-corrected chi connectivity index (χ3v) is 2.34. The van der Waals surface area contributed by atoms with Gasteiger partial charge in [-0.1, -0.05) is 18.2 Å². The Hall–Kier alpha value is -1.42. The second-order valence-corrected chi connectivity index (χ2v) is 5.21. The fraction of sp³-hybridized carbons (Fsp3) is 0.500. The first-order valence-corrected chi connectivity index (χ1v) is 5.89. The fourth-order valence-electron chi connectivity index (χ4n) is 1.62. The lowest BCUT2D eigenvalue weighted by Crippen LogP contribution is -2.41. The third-order valence-electron chi connectivity index (χ3n) is 2.34. The van der Waals surface area contributed by atoms with Gasteiger partial charge in [0, 0.05) is 23.8 Å². The van der Waals surface area contributed by atoms with Crippen molar-refractivity contribution in [3.63, 3.8) is 0 Å². The summed E-state index contributed by atoms with van der Waals surface area (Å²) < 4.78 is 18.7. The summed E-state index contributed by atoms with van der Waals surface area (Å²) in [5.41, 5.74) is 0.370. The lowest BCUT2D eigenvalue weighted by molar-refractivity contribution is 0.0909. The van der Waals surface area contributed by atoms with E-state index in [2.05, 4.69) is 5.32 Å². The highest BCUT2D eigenvalue weighted by molar-refractivity contribution is 5.96. The van der Waals surface area contributed by atoms with Gasteiger partial charge >= 0.3 is 0 Å². The lowest BCUT2D eigenvalue weighted by atomic mass is 10.0. The Labute approximate surface area is 107 Å². The van der Waals surface area contributed by atoms with Crippen LogP contribution in [0.25, 0.3) is 0 Å². The zero-order valence-electron chi connectivity index (χ0n) is 11.3. The Kier molecular flexibility index (Phi) is 4.84. The molecule has 0 fully saturated rings. The molecule has 1 aromatic carbocycles. The average molecular weight is 253 g/mol. The second-order valence-electron chi connectivity index (χ2n) is 5.21. The highest BCUT2D eigenvalue weighted by Gasteiger charge is 2.21. The van der Waals surface area contributed by atoms with Crippen molar-refractivity contribution >= 4 is 5.91 Å². The van der Waals surface area contributed by atoms with E-state index in [1.165, 1.54) is 7.11 Å². The average Bonchev–Trinajstić information content (AvgIpc) is 2.27. The molecule has 1 N–H and O–H groups in total. The second kappa shape index (κ2) is 5.96. The first-order chi connectivity index (χ1) is 8.35. The monoisotopic (exact) mass is 253 g/mol. The molecule has 0 saturated heterocycles. The molecule has 0 saturated carbocycles. The van der Waals surface area contributed by atoms with Crippen molar-refractivity contribution in [2.24, 2.45) is 0 Å². The maximum absolute atomic E-state index is 13.9. The summed E-state index contributed by atoms with van der Waals surface area (Å²) in [5, 5.41) is 2.83. The highest BCUT2D eigenvalue weighted by Crippen LogP contribution is 2.22. The van der Waals surface area contributed by atoms with Crippen LogP contribution in [-0.4, -0.2) is 25.2 Å². The molecule has 3 nitrogen and oxygen atoms in total. The van der Waals surface area contributed by atoms with Gasteiger partial charge in [0.2, 0.25) is 0 Å². The Balaban J connectivity index is 2.98. The summed E-state index contributed by atoms with van der Waals surface area (Å²) in [6.45, 7) is 5.60. The van der Waals surface area contributed by atoms with Crippen LogP contribution < -0.4 is 5.32 Å². The van der Waals surface area contributed by atoms with Crippen LogP contribution in [0.5, 0.6) is 0 Å². The zero-order chi connectivity index (χ0) is 13.8. The number of rotatable bonds is 4. The van der Waals surface area contributed by atoms with E-state index in [1.807, 2.05) is 20.8 Å². The van der Waals surface area contributed by atoms with Crippen LogP contribution >= 0.6 is 0 Å². The molecular weight excluding hydrogens is 233 g/mol. The molecule has 0 aliphatic carbocycles. The molecule has 0 heterocycles. The van der Waals surface area contributed by atoms with Gasteiger partial charge in [-0.2, -0.15) is 0 Å². The molecule has 0 radical (unpaired) electrons. The number of amides is 1. The maximum Gasteiger partial charge on any atom is 0.252 e. The molecule has 4 heteroatoms. The molecule has 1 atom stereocenters. The molecular formula is C14H20FNO2. The van der Waals surface area contributed by atoms with E-state index in [1.54, 1.807) is 24.3 Å². The Morgan fingerprint density at radius 3 is 2.56 bits per heavy atom. The van der Waals surface area contributed by atoms with Gasteiger partial charge < -0.3 is 10.1 Å². The Morgan fingerprint density at radius 2 is 2.00 bits per heavy atom. The van der Waals surface area contributed by atoms with Crippen LogP contribution in [0.2, 0.25) is 0 Å². The quantitative estimate of drug-likeness (QED) is 0.896. The van der Waals surface area contributed by atoms with Gasteiger partial charge in [0.25, 0.3) is 5.91 Å². The third kappa shape index (κ3) is 4.11. The predicted molar refractivity (Wildman–Crippen MR) is 69.4 cm³/mol. The standard InChI is InChI=1S/C14H20FNO2/c1-14(2,3)16-13(17)11-8-6-5-7-10(11)12(15)9-18-4/h5-8,12H,9H2,1-4H3,(H,16,17)/t12-/m0/s1. The van der Waals surface area contributed by atoms with Crippen molar-refractivity contribution in [3.8, 4) is 0 Å². The minimum absolute atomic E-state index is 0.0557. The number of ether oxygens (including phenoxy) is 1. The molecule has 18 heavy (non-hydrogen) atoms. The molecule has 0 unspecified atom stereocenters. The number of hydrogen-bond donors (Lipinski definition) is 1. The number of hydrogen-bond acceptors (Lipinski definition) is 2. The largest absolute Gasteiger partial charge is 0.381 e. The van der Waals surface area contributed by atoms with E-state index in [0.29, 0.717) is 11.1 Å². The number of carbonyl (C=O) groups is 1. The molecule has 1 aromatic rings. The molecule has 0 bridgehead atoms. The summed E-state index contributed by atoms with van der Waals surface area (Å²) in [4.78, 5) is 12.1. The SMILES string of the molecule is COC[C@H](F)c1ccccc1C(=O)NC(C)(C)C. The predicted octanol–water partition coefficient (Wildman–Crippen LogP) is 2.87. The van der Waals surface area contributed by atoms with Gasteiger partial charge in [-0.3, -0.25) is 4.79 Å². The first-order valence-electron chi connectivity index (χ1n) is 5.89. The van der Waals surface area contributed by atoms with Crippen LogP contribution in [0.4, 0.5) is 4.39 Å². The van der Waals surface area contributed by atoms with Gasteiger partial charge in [-0.25, -0.2) is 4.39 Å². The molecule has 1 amide bonds. The van der Waals surface area contributed by atoms with E-state index in [4.69, 9.17) is 4.74 Å². The lowest BCUT2D eigenvalue weighted by Gasteiger charge is -2.22. The summed E-state index contributed by atoms with van der Waals surface area (Å²) >= 11 is 0. The number of benzene rings is 1. The van der Waals surface area contributed by atoms with Crippen molar-refractivity contribution in [1.29, 1.82) is 0 Å². The smallest absolute Gasteiger partial charge is 0.252 e. The van der Waals surface area contributed by atoms with Crippen LogP contribution in [0.1, 0.15) is 42.9 Å². The van der Waals surface area contributed by atoms with E-state index < -0.39 is 6.17 Å². The summed E-state index contributed by atoms with van der Waals surface area (Å²) in [6, 6.07) is 6.67. The molecule has 0 spiro atoms. The van der Waals surface area contributed by atoms with Crippen molar-refractivity contribution in [1.82, 2.24) is 5.32 Å². The minimum atomic E-state index is -1.29. The fourth-order valence-corrected chi connectivity index (χ4v) is 1.62. The number of alkyl halides is 1. The molecule has 0 aromatic heterocycles. The maximum atomic E-state index is 13.9. The van der Waals surface area contributed by atoms with Crippen molar-refractivity contribution in [3.05, 3.63) is 35.4 Å². The van der Waals surface area contributed by atoms with Gasteiger partial charge in [0.1, 0.15) is 6.17 Å². The zero-order valence-corrected chi connectivity index (χ0v) is 11.3.